The lowest BCUT2D eigenvalue weighted by Gasteiger charge is -2.36. The number of ether oxygens (including phenoxy) is 1. The van der Waals surface area contributed by atoms with E-state index in [9.17, 15) is 14.0 Å². The van der Waals surface area contributed by atoms with Crippen LogP contribution in [0.3, 0.4) is 0 Å². The summed E-state index contributed by atoms with van der Waals surface area (Å²) < 4.78 is 18.3. The van der Waals surface area contributed by atoms with Crippen molar-refractivity contribution in [2.75, 3.05) is 7.11 Å². The quantitative estimate of drug-likeness (QED) is 0.523. The zero-order chi connectivity index (χ0) is 25.1. The summed E-state index contributed by atoms with van der Waals surface area (Å²) in [7, 11) is 1.36. The van der Waals surface area contributed by atoms with Crippen LogP contribution in [0.1, 0.15) is 55.8 Å². The number of esters is 1. The smallest absolute Gasteiger partial charge is 0.338 e. The van der Waals surface area contributed by atoms with E-state index < -0.39 is 12.0 Å². The van der Waals surface area contributed by atoms with Gasteiger partial charge < -0.3 is 15.0 Å². The molecule has 8 heteroatoms. The third-order valence-corrected chi connectivity index (χ3v) is 6.96. The number of carbonyl (C=O) groups is 2. The molecule has 1 unspecified atom stereocenters. The Morgan fingerprint density at radius 1 is 1.14 bits per heavy atom. The molecule has 0 saturated heterocycles. The highest BCUT2D eigenvalue weighted by atomic mass is 32.2. The minimum Gasteiger partial charge on any atom is -0.466 e. The molecule has 1 atom stereocenters. The van der Waals surface area contributed by atoms with E-state index in [2.05, 4.69) is 36.3 Å². The number of hydrogen-bond donors (Lipinski definition) is 1. The van der Waals surface area contributed by atoms with Gasteiger partial charge in [0, 0.05) is 12.2 Å². The first-order valence-corrected chi connectivity index (χ1v) is 12.3. The zero-order valence-electron chi connectivity index (χ0n) is 20.2. The molecule has 1 N–H and O–H groups in total. The van der Waals surface area contributed by atoms with Gasteiger partial charge in [-0.1, -0.05) is 62.0 Å². The maximum atomic E-state index is 13.1. The van der Waals surface area contributed by atoms with Crippen molar-refractivity contribution in [1.82, 2.24) is 10.2 Å². The van der Waals surface area contributed by atoms with Gasteiger partial charge in [0.15, 0.2) is 5.17 Å². The van der Waals surface area contributed by atoms with Crippen LogP contribution in [0.15, 0.2) is 75.9 Å². The van der Waals surface area contributed by atoms with Gasteiger partial charge in [0.1, 0.15) is 5.82 Å². The molecule has 0 fully saturated rings. The maximum Gasteiger partial charge on any atom is 0.338 e. The number of halogens is 1. The standard InChI is InChI=1S/C27H28FN3O3S/c1-16(2)19-7-9-20(10-8-19)25-24(26(33)34-4)17(3)30-27-31(25)22(15-35-27)13-23(32)29-14-18-5-11-21(28)12-6-18/h5-12,15-16,25H,13-14H2,1-4H3,(H,29,32). The highest BCUT2D eigenvalue weighted by Gasteiger charge is 2.40. The number of rotatable bonds is 7. The number of hydrogen-bond acceptors (Lipinski definition) is 6. The van der Waals surface area contributed by atoms with Crippen molar-refractivity contribution in [3.8, 4) is 0 Å². The average molecular weight is 494 g/mol. The fourth-order valence-electron chi connectivity index (χ4n) is 4.15. The number of amidine groups is 1. The Balaban J connectivity index is 1.59. The summed E-state index contributed by atoms with van der Waals surface area (Å²) in [6.45, 7) is 6.37. The topological polar surface area (TPSA) is 71.0 Å². The summed E-state index contributed by atoms with van der Waals surface area (Å²) >= 11 is 1.43. The van der Waals surface area contributed by atoms with E-state index >= 15 is 0 Å². The van der Waals surface area contributed by atoms with Gasteiger partial charge in [0.25, 0.3) is 0 Å². The molecule has 2 aromatic rings. The normalized spacial score (nSPS) is 17.2. The van der Waals surface area contributed by atoms with Crippen molar-refractivity contribution in [2.24, 2.45) is 4.99 Å². The molecule has 2 aliphatic heterocycles. The van der Waals surface area contributed by atoms with Crippen LogP contribution in [0.4, 0.5) is 4.39 Å². The molecule has 0 aromatic heterocycles. The van der Waals surface area contributed by atoms with Crippen LogP contribution >= 0.6 is 11.8 Å². The summed E-state index contributed by atoms with van der Waals surface area (Å²) in [5.74, 6) is -0.558. The molecule has 0 aliphatic carbocycles. The number of aliphatic imine (C=N–C) groups is 1. The van der Waals surface area contributed by atoms with E-state index in [4.69, 9.17) is 4.74 Å². The summed E-state index contributed by atoms with van der Waals surface area (Å²) in [6, 6.07) is 13.7. The van der Waals surface area contributed by atoms with Gasteiger partial charge >= 0.3 is 5.97 Å². The molecule has 0 radical (unpaired) electrons. The van der Waals surface area contributed by atoms with Gasteiger partial charge in [-0.15, -0.1) is 0 Å². The first-order valence-electron chi connectivity index (χ1n) is 11.4. The van der Waals surface area contributed by atoms with Gasteiger partial charge in [-0.2, -0.15) is 0 Å². The third-order valence-electron chi connectivity index (χ3n) is 6.07. The highest BCUT2D eigenvalue weighted by Crippen LogP contribution is 2.44. The molecular formula is C27H28FN3O3S. The number of thioether (sulfide) groups is 1. The molecule has 2 heterocycles. The van der Waals surface area contributed by atoms with Crippen LogP contribution in [0.2, 0.25) is 0 Å². The van der Waals surface area contributed by atoms with Crippen LogP contribution in [-0.4, -0.2) is 29.1 Å². The first-order chi connectivity index (χ1) is 16.8. The number of allylic oxidation sites excluding steroid dienone is 1. The number of amides is 1. The van der Waals surface area contributed by atoms with E-state index in [0.29, 0.717) is 23.7 Å². The highest BCUT2D eigenvalue weighted by molar-refractivity contribution is 8.16. The second-order valence-corrected chi connectivity index (χ2v) is 9.62. The lowest BCUT2D eigenvalue weighted by Crippen LogP contribution is -2.37. The lowest BCUT2D eigenvalue weighted by molar-refractivity contribution is -0.136. The number of methoxy groups -OCH3 is 1. The maximum absolute atomic E-state index is 13.1. The van der Waals surface area contributed by atoms with Gasteiger partial charge in [0.05, 0.1) is 30.8 Å². The Kier molecular flexibility index (Phi) is 7.40. The number of carbonyl (C=O) groups excluding carboxylic acids is 2. The predicted molar refractivity (Wildman–Crippen MR) is 136 cm³/mol. The van der Waals surface area contributed by atoms with E-state index in [1.165, 1.54) is 36.6 Å². The molecule has 0 bridgehead atoms. The fraction of sp³-hybridized carbons (Fsp3) is 0.296. The molecule has 35 heavy (non-hydrogen) atoms. The largest absolute Gasteiger partial charge is 0.466 e. The SMILES string of the molecule is COC(=O)C1=C(C)N=C2SC=C(CC(=O)NCc3ccc(F)cc3)N2C1c1ccc(C(C)C)cc1. The summed E-state index contributed by atoms with van der Waals surface area (Å²) in [5.41, 5.74) is 4.73. The van der Waals surface area contributed by atoms with Crippen molar-refractivity contribution in [2.45, 2.75) is 45.7 Å². The van der Waals surface area contributed by atoms with E-state index in [-0.39, 0.29) is 18.1 Å². The van der Waals surface area contributed by atoms with Crippen molar-refractivity contribution < 1.29 is 18.7 Å². The Hall–Kier alpha value is -3.39. The molecule has 0 spiro atoms. The van der Waals surface area contributed by atoms with Gasteiger partial charge in [-0.25, -0.2) is 14.2 Å². The second kappa shape index (κ2) is 10.5. The van der Waals surface area contributed by atoms with E-state index in [1.54, 1.807) is 19.1 Å². The molecule has 2 aliphatic rings. The molecule has 4 rings (SSSR count). The second-order valence-electron chi connectivity index (χ2n) is 8.79. The summed E-state index contributed by atoms with van der Waals surface area (Å²) in [4.78, 5) is 32.2. The fourth-order valence-corrected chi connectivity index (χ4v) is 5.11. The zero-order valence-corrected chi connectivity index (χ0v) is 21.0. The Morgan fingerprint density at radius 2 is 1.83 bits per heavy atom. The summed E-state index contributed by atoms with van der Waals surface area (Å²) in [5, 5.41) is 5.51. The van der Waals surface area contributed by atoms with Crippen molar-refractivity contribution in [3.63, 3.8) is 0 Å². The van der Waals surface area contributed by atoms with Gasteiger partial charge in [0.2, 0.25) is 5.91 Å². The van der Waals surface area contributed by atoms with E-state index in [1.807, 2.05) is 22.4 Å². The van der Waals surface area contributed by atoms with Gasteiger partial charge in [-0.3, -0.25) is 4.79 Å². The van der Waals surface area contributed by atoms with Crippen LogP contribution in [0, 0.1) is 5.82 Å². The van der Waals surface area contributed by atoms with Crippen LogP contribution in [-0.2, 0) is 20.9 Å². The number of fused-ring (bicyclic) bond motifs is 1. The lowest BCUT2D eigenvalue weighted by atomic mass is 9.92. The number of nitrogens with one attached hydrogen (secondary N) is 1. The minimum absolute atomic E-state index is 0.112. The van der Waals surface area contributed by atoms with Crippen molar-refractivity contribution >= 4 is 28.8 Å². The molecule has 2 aromatic carbocycles. The van der Waals surface area contributed by atoms with Crippen molar-refractivity contribution in [3.05, 3.63) is 93.4 Å². The Labute approximate surface area is 209 Å². The number of nitrogens with zero attached hydrogens (tertiary/aromatic N) is 2. The molecule has 6 nitrogen and oxygen atoms in total. The van der Waals surface area contributed by atoms with Crippen LogP contribution in [0.25, 0.3) is 0 Å². The Morgan fingerprint density at radius 3 is 2.46 bits per heavy atom. The summed E-state index contributed by atoms with van der Waals surface area (Å²) in [6.07, 6.45) is 0.112. The molecule has 0 saturated carbocycles. The number of benzene rings is 2. The Bertz CT molecular complexity index is 1220. The minimum atomic E-state index is -0.456. The third kappa shape index (κ3) is 5.32. The van der Waals surface area contributed by atoms with Gasteiger partial charge in [-0.05, 0) is 47.1 Å². The monoisotopic (exact) mass is 493 g/mol. The molecule has 1 amide bonds. The molecule has 182 valence electrons. The van der Waals surface area contributed by atoms with Crippen LogP contribution in [0.5, 0.6) is 0 Å². The molecular weight excluding hydrogens is 465 g/mol. The van der Waals surface area contributed by atoms with Crippen molar-refractivity contribution in [1.29, 1.82) is 0 Å². The first kappa shape index (κ1) is 24.7. The van der Waals surface area contributed by atoms with Crippen LogP contribution < -0.4 is 5.32 Å². The average Bonchev–Trinajstić information content (AvgIpc) is 3.24. The van der Waals surface area contributed by atoms with E-state index in [0.717, 1.165) is 22.0 Å². The predicted octanol–water partition coefficient (Wildman–Crippen LogP) is 5.40.